The third-order valence-corrected chi connectivity index (χ3v) is 3.32. The molecule has 0 atom stereocenters. The first kappa shape index (κ1) is 11.7. The topological polar surface area (TPSA) is 56.9 Å². The molecule has 5 nitrogen and oxygen atoms in total. The molecule has 0 bridgehead atoms. The minimum Gasteiger partial charge on any atom is -0.339 e. The second kappa shape index (κ2) is 5.50. The first-order valence-electron chi connectivity index (χ1n) is 6.32. The summed E-state index contributed by atoms with van der Waals surface area (Å²) in [6, 6.07) is 0. The van der Waals surface area contributed by atoms with Crippen LogP contribution in [0.4, 0.5) is 0 Å². The summed E-state index contributed by atoms with van der Waals surface area (Å²) in [6.45, 7) is 8.46. The molecule has 0 unspecified atom stereocenters. The number of nitrogens with zero attached hydrogens (tertiary/aromatic N) is 3. The molecule has 0 aromatic rings. The Balaban J connectivity index is 1.76. The predicted octanol–water partition coefficient (Wildman–Crippen LogP) is -0.147. The Kier molecular flexibility index (Phi) is 4.01. The molecule has 0 spiro atoms. The zero-order valence-electron chi connectivity index (χ0n) is 10.2. The molecule has 0 radical (unpaired) electrons. The highest BCUT2D eigenvalue weighted by Gasteiger charge is 2.26. The van der Waals surface area contributed by atoms with E-state index in [0.717, 1.165) is 44.6 Å². The largest absolute Gasteiger partial charge is 0.339 e. The molecule has 1 heterocycles. The summed E-state index contributed by atoms with van der Waals surface area (Å²) in [5.41, 5.74) is 2.70. The molecule has 1 aliphatic carbocycles. The normalized spacial score (nSPS) is 23.6. The van der Waals surface area contributed by atoms with E-state index in [1.807, 2.05) is 6.92 Å². The highest BCUT2D eigenvalue weighted by atomic mass is 15.4. The Morgan fingerprint density at radius 3 is 2.50 bits per heavy atom. The van der Waals surface area contributed by atoms with Crippen molar-refractivity contribution in [3.8, 4) is 0 Å². The minimum atomic E-state index is 0.780. The van der Waals surface area contributed by atoms with E-state index in [4.69, 9.17) is 5.84 Å². The molecule has 16 heavy (non-hydrogen) atoms. The van der Waals surface area contributed by atoms with E-state index >= 15 is 0 Å². The summed E-state index contributed by atoms with van der Waals surface area (Å²) in [5.74, 6) is 7.31. The fourth-order valence-electron chi connectivity index (χ4n) is 2.19. The maximum atomic E-state index is 5.48. The van der Waals surface area contributed by atoms with Gasteiger partial charge in [0.15, 0.2) is 0 Å². The van der Waals surface area contributed by atoms with Crippen molar-refractivity contribution in [2.45, 2.75) is 19.8 Å². The van der Waals surface area contributed by atoms with Gasteiger partial charge in [0.05, 0.1) is 0 Å². The average Bonchev–Trinajstić information content (AvgIpc) is 3.11. The Morgan fingerprint density at radius 2 is 2.00 bits per heavy atom. The van der Waals surface area contributed by atoms with Crippen molar-refractivity contribution in [3.05, 3.63) is 0 Å². The van der Waals surface area contributed by atoms with Crippen LogP contribution in [-0.4, -0.2) is 55.0 Å². The van der Waals surface area contributed by atoms with E-state index in [2.05, 4.69) is 20.2 Å². The summed E-state index contributed by atoms with van der Waals surface area (Å²) in [6.07, 6.45) is 2.88. The first-order chi connectivity index (χ1) is 7.83. The van der Waals surface area contributed by atoms with Gasteiger partial charge < -0.3 is 4.90 Å². The highest BCUT2D eigenvalue weighted by Crippen LogP contribution is 2.29. The van der Waals surface area contributed by atoms with E-state index < -0.39 is 0 Å². The smallest absolute Gasteiger partial charge is 0.208 e. The molecule has 1 saturated carbocycles. The third kappa shape index (κ3) is 3.09. The molecule has 3 N–H and O–H groups in total. The maximum Gasteiger partial charge on any atom is 0.208 e. The number of nitrogens with one attached hydrogen (secondary N) is 1. The van der Waals surface area contributed by atoms with Crippen molar-refractivity contribution in [1.29, 1.82) is 0 Å². The minimum absolute atomic E-state index is 0.780. The van der Waals surface area contributed by atoms with Crippen molar-refractivity contribution in [2.24, 2.45) is 16.8 Å². The number of hydrogen-bond acceptors (Lipinski definition) is 3. The SMILES string of the molecule is CCN=C(NN)N1CCN(CC2CC2)CC1. The number of piperazine rings is 1. The van der Waals surface area contributed by atoms with Crippen LogP contribution in [0, 0.1) is 5.92 Å². The van der Waals surface area contributed by atoms with Crippen molar-refractivity contribution in [2.75, 3.05) is 39.3 Å². The second-order valence-corrected chi connectivity index (χ2v) is 4.67. The molecule has 0 aromatic carbocycles. The molecule has 92 valence electrons. The average molecular weight is 225 g/mol. The standard InChI is InChI=1S/C11H23N5/c1-2-13-11(14-12)16-7-5-15(6-8-16)9-10-3-4-10/h10H,2-9,12H2,1H3,(H,13,14). The van der Waals surface area contributed by atoms with E-state index in [9.17, 15) is 0 Å². The fourth-order valence-corrected chi connectivity index (χ4v) is 2.19. The molecule has 5 heteroatoms. The zero-order valence-corrected chi connectivity index (χ0v) is 10.2. The van der Waals surface area contributed by atoms with Crippen LogP contribution >= 0.6 is 0 Å². The molecular weight excluding hydrogens is 202 g/mol. The summed E-state index contributed by atoms with van der Waals surface area (Å²) in [4.78, 5) is 9.16. The zero-order chi connectivity index (χ0) is 11.4. The lowest BCUT2D eigenvalue weighted by Gasteiger charge is -2.36. The molecule has 1 aliphatic heterocycles. The molecule has 2 aliphatic rings. The highest BCUT2D eigenvalue weighted by molar-refractivity contribution is 5.79. The molecular formula is C11H23N5. The maximum absolute atomic E-state index is 5.48. The lowest BCUT2D eigenvalue weighted by atomic mass is 10.3. The van der Waals surface area contributed by atoms with E-state index in [1.165, 1.54) is 19.4 Å². The number of nitrogens with two attached hydrogens (primary N) is 1. The molecule has 0 aromatic heterocycles. The van der Waals surface area contributed by atoms with Crippen molar-refractivity contribution in [3.63, 3.8) is 0 Å². The van der Waals surface area contributed by atoms with Gasteiger partial charge in [-0.15, -0.1) is 0 Å². The third-order valence-electron chi connectivity index (χ3n) is 3.32. The summed E-state index contributed by atoms with van der Waals surface area (Å²) < 4.78 is 0. The van der Waals surface area contributed by atoms with Gasteiger partial charge in [-0.3, -0.25) is 15.3 Å². The van der Waals surface area contributed by atoms with Gasteiger partial charge in [0.25, 0.3) is 0 Å². The Morgan fingerprint density at radius 1 is 1.31 bits per heavy atom. The van der Waals surface area contributed by atoms with Gasteiger partial charge >= 0.3 is 0 Å². The Labute approximate surface area is 97.7 Å². The van der Waals surface area contributed by atoms with Gasteiger partial charge in [-0.1, -0.05) is 0 Å². The quantitative estimate of drug-likeness (QED) is 0.304. The van der Waals surface area contributed by atoms with Gasteiger partial charge in [0.2, 0.25) is 5.96 Å². The summed E-state index contributed by atoms with van der Waals surface area (Å²) >= 11 is 0. The van der Waals surface area contributed by atoms with Crippen LogP contribution in [0.1, 0.15) is 19.8 Å². The number of hydrazine groups is 1. The Hall–Kier alpha value is -0.810. The van der Waals surface area contributed by atoms with Crippen molar-refractivity contribution < 1.29 is 0 Å². The first-order valence-corrected chi connectivity index (χ1v) is 6.32. The number of guanidine groups is 1. The van der Waals surface area contributed by atoms with Gasteiger partial charge in [0.1, 0.15) is 0 Å². The van der Waals surface area contributed by atoms with Crippen molar-refractivity contribution in [1.82, 2.24) is 15.2 Å². The van der Waals surface area contributed by atoms with Crippen LogP contribution in [0.2, 0.25) is 0 Å². The van der Waals surface area contributed by atoms with E-state index in [1.54, 1.807) is 0 Å². The fraction of sp³-hybridized carbons (Fsp3) is 0.909. The van der Waals surface area contributed by atoms with Gasteiger partial charge in [-0.25, -0.2) is 5.84 Å². The number of rotatable bonds is 3. The van der Waals surface area contributed by atoms with Crippen LogP contribution in [0.25, 0.3) is 0 Å². The Bertz CT molecular complexity index is 241. The summed E-state index contributed by atoms with van der Waals surface area (Å²) in [5, 5.41) is 0. The molecule has 2 rings (SSSR count). The van der Waals surface area contributed by atoms with Crippen LogP contribution in [-0.2, 0) is 0 Å². The van der Waals surface area contributed by atoms with Crippen LogP contribution in [0.5, 0.6) is 0 Å². The molecule has 2 fully saturated rings. The lowest BCUT2D eigenvalue weighted by Crippen LogP contribution is -2.54. The van der Waals surface area contributed by atoms with Crippen LogP contribution in [0.3, 0.4) is 0 Å². The van der Waals surface area contributed by atoms with E-state index in [-0.39, 0.29) is 0 Å². The monoisotopic (exact) mass is 225 g/mol. The lowest BCUT2D eigenvalue weighted by molar-refractivity contribution is 0.173. The molecule has 0 amide bonds. The van der Waals surface area contributed by atoms with Crippen LogP contribution in [0.15, 0.2) is 4.99 Å². The molecule has 1 saturated heterocycles. The number of aliphatic imine (C=N–C) groups is 1. The van der Waals surface area contributed by atoms with Gasteiger partial charge in [-0.2, -0.15) is 0 Å². The van der Waals surface area contributed by atoms with Crippen molar-refractivity contribution >= 4 is 5.96 Å². The predicted molar refractivity (Wildman–Crippen MR) is 66.0 cm³/mol. The van der Waals surface area contributed by atoms with Crippen LogP contribution < -0.4 is 11.3 Å². The van der Waals surface area contributed by atoms with E-state index in [0.29, 0.717) is 0 Å². The summed E-state index contributed by atoms with van der Waals surface area (Å²) in [7, 11) is 0. The van der Waals surface area contributed by atoms with Gasteiger partial charge in [0, 0.05) is 39.3 Å². The number of hydrogen-bond donors (Lipinski definition) is 2. The van der Waals surface area contributed by atoms with Gasteiger partial charge in [-0.05, 0) is 25.7 Å². The second-order valence-electron chi connectivity index (χ2n) is 4.67.